The largest absolute Gasteiger partial charge is 0.478 e. The molecule has 0 saturated carbocycles. The number of esters is 2. The number of rotatable bonds is 6. The summed E-state index contributed by atoms with van der Waals surface area (Å²) in [5.74, 6) is -2.81. The van der Waals surface area contributed by atoms with Crippen molar-refractivity contribution in [3.05, 3.63) is 71.3 Å². The number of carboxylic acids is 1. The maximum absolute atomic E-state index is 12.0. The van der Waals surface area contributed by atoms with Gasteiger partial charge in [-0.15, -0.1) is 0 Å². The van der Waals surface area contributed by atoms with Crippen LogP contribution in [0.3, 0.4) is 0 Å². The molecule has 0 aliphatic rings. The van der Waals surface area contributed by atoms with Gasteiger partial charge in [0.25, 0.3) is 0 Å². The van der Waals surface area contributed by atoms with E-state index in [2.05, 4.69) is 0 Å². The predicted octanol–water partition coefficient (Wildman–Crippen LogP) is 3.18. The summed E-state index contributed by atoms with van der Waals surface area (Å²) in [6.45, 7) is 1.78. The first-order chi connectivity index (χ1) is 12.0. The molecule has 2 rings (SSSR count). The second kappa shape index (κ2) is 8.44. The van der Waals surface area contributed by atoms with Crippen molar-refractivity contribution in [1.29, 1.82) is 0 Å². The third-order valence-electron chi connectivity index (χ3n) is 3.15. The van der Waals surface area contributed by atoms with Gasteiger partial charge in [-0.25, -0.2) is 14.4 Å². The molecule has 128 valence electrons. The fourth-order valence-electron chi connectivity index (χ4n) is 1.99. The number of hydrogen-bond acceptors (Lipinski definition) is 5. The van der Waals surface area contributed by atoms with Crippen molar-refractivity contribution in [1.82, 2.24) is 0 Å². The second-order valence-electron chi connectivity index (χ2n) is 4.90. The molecule has 0 unspecified atom stereocenters. The lowest BCUT2D eigenvalue weighted by atomic mass is 10.1. The lowest BCUT2D eigenvalue weighted by molar-refractivity contribution is -0.128. The van der Waals surface area contributed by atoms with Gasteiger partial charge in [-0.1, -0.05) is 30.3 Å². The van der Waals surface area contributed by atoms with E-state index in [1.807, 2.05) is 18.2 Å². The molecule has 0 amide bonds. The Morgan fingerprint density at radius 3 is 2.44 bits per heavy atom. The maximum Gasteiger partial charge on any atom is 0.341 e. The lowest BCUT2D eigenvalue weighted by Crippen LogP contribution is -2.12. The number of carboxylic acid groups (broad SMARTS) is 1. The standard InChI is InChI=1S/C19H16O6/c1-2-24-19(23)15-10-9-14(18(21)22)12-16(15)25-17(20)11-8-13-6-4-3-5-7-13/h3-12H,2H2,1H3,(H,21,22). The smallest absolute Gasteiger partial charge is 0.341 e. The normalized spacial score (nSPS) is 10.4. The third kappa shape index (κ3) is 5.04. The molecule has 0 atom stereocenters. The lowest BCUT2D eigenvalue weighted by Gasteiger charge is -2.09. The summed E-state index contributed by atoms with van der Waals surface area (Å²) in [6.07, 6.45) is 2.74. The van der Waals surface area contributed by atoms with Gasteiger partial charge in [0.1, 0.15) is 11.3 Å². The van der Waals surface area contributed by atoms with E-state index in [0.29, 0.717) is 0 Å². The van der Waals surface area contributed by atoms with Crippen molar-refractivity contribution in [3.8, 4) is 5.75 Å². The van der Waals surface area contributed by atoms with E-state index in [-0.39, 0.29) is 23.5 Å². The van der Waals surface area contributed by atoms with E-state index < -0.39 is 17.9 Å². The van der Waals surface area contributed by atoms with E-state index in [1.165, 1.54) is 18.2 Å². The number of hydrogen-bond donors (Lipinski definition) is 1. The first-order valence-corrected chi connectivity index (χ1v) is 7.50. The van der Waals surface area contributed by atoms with E-state index >= 15 is 0 Å². The van der Waals surface area contributed by atoms with Gasteiger partial charge in [-0.05, 0) is 36.8 Å². The van der Waals surface area contributed by atoms with Crippen LogP contribution in [0.5, 0.6) is 5.75 Å². The van der Waals surface area contributed by atoms with Gasteiger partial charge >= 0.3 is 17.9 Å². The Balaban J connectivity index is 2.24. The van der Waals surface area contributed by atoms with Gasteiger partial charge in [0, 0.05) is 6.08 Å². The number of carbonyl (C=O) groups excluding carboxylic acids is 2. The van der Waals surface area contributed by atoms with Crippen LogP contribution >= 0.6 is 0 Å². The molecule has 0 aromatic heterocycles. The molecule has 0 spiro atoms. The summed E-state index contributed by atoms with van der Waals surface area (Å²) in [6, 6.07) is 12.7. The van der Waals surface area contributed by atoms with Gasteiger partial charge in [0.15, 0.2) is 0 Å². The minimum absolute atomic E-state index is 0.0201. The molecular weight excluding hydrogens is 324 g/mol. The van der Waals surface area contributed by atoms with Crippen LogP contribution in [-0.2, 0) is 9.53 Å². The highest BCUT2D eigenvalue weighted by Crippen LogP contribution is 2.22. The Morgan fingerprint density at radius 2 is 1.80 bits per heavy atom. The summed E-state index contributed by atoms with van der Waals surface area (Å²) < 4.78 is 10.0. The van der Waals surface area contributed by atoms with Crippen molar-refractivity contribution in [2.45, 2.75) is 6.92 Å². The van der Waals surface area contributed by atoms with Crippen LogP contribution in [-0.4, -0.2) is 29.6 Å². The molecule has 25 heavy (non-hydrogen) atoms. The summed E-state index contributed by atoms with van der Waals surface area (Å²) in [4.78, 5) is 35.0. The molecule has 0 heterocycles. The zero-order valence-corrected chi connectivity index (χ0v) is 13.5. The highest BCUT2D eigenvalue weighted by Gasteiger charge is 2.18. The molecule has 0 aliphatic carbocycles. The van der Waals surface area contributed by atoms with Gasteiger partial charge in [0.05, 0.1) is 12.2 Å². The minimum atomic E-state index is -1.20. The van der Waals surface area contributed by atoms with E-state index in [9.17, 15) is 14.4 Å². The van der Waals surface area contributed by atoms with Gasteiger partial charge < -0.3 is 14.6 Å². The van der Waals surface area contributed by atoms with Crippen molar-refractivity contribution < 1.29 is 29.0 Å². The van der Waals surface area contributed by atoms with Crippen molar-refractivity contribution in [2.24, 2.45) is 0 Å². The van der Waals surface area contributed by atoms with Crippen molar-refractivity contribution >= 4 is 24.0 Å². The zero-order chi connectivity index (χ0) is 18.2. The number of benzene rings is 2. The average molecular weight is 340 g/mol. The SMILES string of the molecule is CCOC(=O)c1ccc(C(=O)O)cc1OC(=O)C=Cc1ccccc1. The molecule has 6 heteroatoms. The molecule has 0 aliphatic heterocycles. The van der Waals surface area contributed by atoms with Gasteiger partial charge in [-0.3, -0.25) is 0 Å². The molecular formula is C19H16O6. The maximum atomic E-state index is 12.0. The predicted molar refractivity (Wildman–Crippen MR) is 90.5 cm³/mol. The third-order valence-corrected chi connectivity index (χ3v) is 3.15. The summed E-state index contributed by atoms with van der Waals surface area (Å²) in [7, 11) is 0. The fourth-order valence-corrected chi connectivity index (χ4v) is 1.99. The van der Waals surface area contributed by atoms with Crippen LogP contribution in [0.15, 0.2) is 54.6 Å². The molecule has 1 N–H and O–H groups in total. The van der Waals surface area contributed by atoms with E-state index in [0.717, 1.165) is 11.6 Å². The Bertz CT molecular complexity index is 808. The van der Waals surface area contributed by atoms with Crippen LogP contribution in [0, 0.1) is 0 Å². The van der Waals surface area contributed by atoms with Crippen LogP contribution < -0.4 is 4.74 Å². The number of aromatic carboxylic acids is 1. The summed E-state index contributed by atoms with van der Waals surface area (Å²) in [5.41, 5.74) is 0.667. The highest BCUT2D eigenvalue weighted by molar-refractivity contribution is 5.97. The molecule has 0 fully saturated rings. The Morgan fingerprint density at radius 1 is 1.08 bits per heavy atom. The van der Waals surface area contributed by atoms with Crippen molar-refractivity contribution in [2.75, 3.05) is 6.61 Å². The molecule has 2 aromatic carbocycles. The minimum Gasteiger partial charge on any atom is -0.478 e. The number of carbonyl (C=O) groups is 3. The first kappa shape index (κ1) is 17.9. The monoisotopic (exact) mass is 340 g/mol. The Hall–Kier alpha value is -3.41. The van der Waals surface area contributed by atoms with Crippen LogP contribution in [0.2, 0.25) is 0 Å². The van der Waals surface area contributed by atoms with Crippen LogP contribution in [0.4, 0.5) is 0 Å². The van der Waals surface area contributed by atoms with Gasteiger partial charge in [0.2, 0.25) is 0 Å². The Kier molecular flexibility index (Phi) is 6.06. The fraction of sp³-hybridized carbons (Fsp3) is 0.105. The molecule has 0 radical (unpaired) electrons. The topological polar surface area (TPSA) is 89.9 Å². The highest BCUT2D eigenvalue weighted by atomic mass is 16.5. The average Bonchev–Trinajstić information content (AvgIpc) is 2.61. The second-order valence-corrected chi connectivity index (χ2v) is 4.90. The van der Waals surface area contributed by atoms with Crippen LogP contribution in [0.1, 0.15) is 33.2 Å². The number of ether oxygens (including phenoxy) is 2. The molecule has 2 aromatic rings. The molecule has 0 bridgehead atoms. The Labute approximate surface area is 144 Å². The van der Waals surface area contributed by atoms with Gasteiger partial charge in [-0.2, -0.15) is 0 Å². The summed E-state index contributed by atoms with van der Waals surface area (Å²) in [5, 5.41) is 9.06. The van der Waals surface area contributed by atoms with E-state index in [4.69, 9.17) is 14.6 Å². The molecule has 0 saturated heterocycles. The first-order valence-electron chi connectivity index (χ1n) is 7.50. The zero-order valence-electron chi connectivity index (χ0n) is 13.5. The van der Waals surface area contributed by atoms with E-state index in [1.54, 1.807) is 25.1 Å². The summed E-state index contributed by atoms with van der Waals surface area (Å²) >= 11 is 0. The van der Waals surface area contributed by atoms with Crippen LogP contribution in [0.25, 0.3) is 6.08 Å². The molecule has 6 nitrogen and oxygen atoms in total. The quantitative estimate of drug-likeness (QED) is 0.493. The van der Waals surface area contributed by atoms with Crippen molar-refractivity contribution in [3.63, 3.8) is 0 Å².